The lowest BCUT2D eigenvalue weighted by Gasteiger charge is -2.46. The minimum absolute atomic E-state index is 0.0174. The van der Waals surface area contributed by atoms with Gasteiger partial charge in [-0.1, -0.05) is 0 Å². The lowest BCUT2D eigenvalue weighted by molar-refractivity contribution is -0.192. The number of piperidine rings is 1. The van der Waals surface area contributed by atoms with Crippen molar-refractivity contribution in [2.45, 2.75) is 71.3 Å². The molecule has 32 heavy (non-hydrogen) atoms. The van der Waals surface area contributed by atoms with Crippen molar-refractivity contribution >= 4 is 17.9 Å². The monoisotopic (exact) mass is 464 g/mol. The minimum atomic E-state index is -5.03. The second-order valence-electron chi connectivity index (χ2n) is 9.22. The molecule has 2 aliphatic heterocycles. The maximum absolute atomic E-state index is 13.1. The van der Waals surface area contributed by atoms with Crippen molar-refractivity contribution in [1.82, 2.24) is 19.6 Å². The Morgan fingerprint density at radius 3 is 2.00 bits per heavy atom. The highest BCUT2D eigenvalue weighted by molar-refractivity contribution is 5.90. The molecule has 0 N–H and O–H groups in total. The molecule has 0 radical (unpaired) electrons. The van der Waals surface area contributed by atoms with Gasteiger partial charge in [0.15, 0.2) is 0 Å². The van der Waals surface area contributed by atoms with Gasteiger partial charge >= 0.3 is 18.2 Å². The van der Waals surface area contributed by atoms with Crippen LogP contribution in [0.3, 0.4) is 0 Å². The van der Waals surface area contributed by atoms with Crippen LogP contribution in [-0.4, -0.2) is 107 Å². The molecule has 2 saturated heterocycles. The quantitative estimate of drug-likeness (QED) is 0.639. The molecule has 2 aliphatic rings. The molecule has 0 bridgehead atoms. The van der Waals surface area contributed by atoms with E-state index in [1.165, 1.54) is 4.90 Å². The zero-order valence-corrected chi connectivity index (χ0v) is 19.6. The molecule has 1 unspecified atom stereocenters. The van der Waals surface area contributed by atoms with Crippen LogP contribution in [0.5, 0.6) is 0 Å². The molecular weight excluding hydrogens is 429 g/mol. The van der Waals surface area contributed by atoms with Crippen molar-refractivity contribution in [3.05, 3.63) is 0 Å². The lowest BCUT2D eigenvalue weighted by Crippen LogP contribution is -2.65. The van der Waals surface area contributed by atoms with Gasteiger partial charge in [0.25, 0.3) is 0 Å². The molecule has 8 nitrogen and oxygen atoms in total. The normalized spacial score (nSPS) is 21.4. The average Bonchev–Trinajstić information content (AvgIpc) is 2.71. The molecule has 0 spiro atoms. The van der Waals surface area contributed by atoms with Crippen LogP contribution in [0.2, 0.25) is 0 Å². The first-order valence-corrected chi connectivity index (χ1v) is 11.2. The number of alkyl halides is 3. The van der Waals surface area contributed by atoms with Gasteiger partial charge in [0.05, 0.1) is 0 Å². The largest absolute Gasteiger partial charge is 0.471 e. The zero-order valence-electron chi connectivity index (χ0n) is 19.6. The van der Waals surface area contributed by atoms with E-state index >= 15 is 0 Å². The van der Waals surface area contributed by atoms with E-state index in [1.807, 2.05) is 4.90 Å². The van der Waals surface area contributed by atoms with E-state index in [1.54, 1.807) is 39.5 Å². The summed E-state index contributed by atoms with van der Waals surface area (Å²) in [5, 5.41) is 0. The minimum Gasteiger partial charge on any atom is -0.444 e. The maximum atomic E-state index is 13.1. The SMILES string of the molecule is CCN(CC)C(=O)C1CN(C2CCN(C(=O)OC(C)(C)C)CC2)CCN1C(=O)C(F)(F)F. The number of carbonyl (C=O) groups is 3. The number of hydrogen-bond donors (Lipinski definition) is 0. The molecule has 184 valence electrons. The standard InChI is InChI=1S/C21H35F3N4O4/c1-6-25(7-2)17(29)16-14-27(12-13-28(16)18(30)21(22,23)24)15-8-10-26(11-9-15)19(31)32-20(3,4)5/h15-16H,6-14H2,1-5H3. The Balaban J connectivity index is 2.08. The van der Waals surface area contributed by atoms with Crippen LogP contribution in [0.15, 0.2) is 0 Å². The molecule has 0 saturated carbocycles. The number of hydrogen-bond acceptors (Lipinski definition) is 5. The number of nitrogens with zero attached hydrogens (tertiary/aromatic N) is 4. The van der Waals surface area contributed by atoms with Crippen molar-refractivity contribution in [3.63, 3.8) is 0 Å². The Kier molecular flexibility index (Phi) is 8.41. The molecule has 0 aromatic rings. The topological polar surface area (TPSA) is 73.4 Å². The fourth-order valence-electron chi connectivity index (χ4n) is 4.24. The molecule has 0 aliphatic carbocycles. The van der Waals surface area contributed by atoms with Gasteiger partial charge in [0, 0.05) is 51.9 Å². The molecule has 1 atom stereocenters. The number of carbonyl (C=O) groups excluding carboxylic acids is 3. The predicted molar refractivity (Wildman–Crippen MR) is 112 cm³/mol. The van der Waals surface area contributed by atoms with Gasteiger partial charge < -0.3 is 19.4 Å². The number of amides is 3. The Bertz CT molecular complexity index is 684. The number of halogens is 3. The van der Waals surface area contributed by atoms with E-state index in [0.717, 1.165) is 0 Å². The van der Waals surface area contributed by atoms with E-state index in [0.29, 0.717) is 43.9 Å². The Morgan fingerprint density at radius 1 is 0.969 bits per heavy atom. The second-order valence-corrected chi connectivity index (χ2v) is 9.22. The number of rotatable bonds is 4. The van der Waals surface area contributed by atoms with Crippen molar-refractivity contribution in [3.8, 4) is 0 Å². The van der Waals surface area contributed by atoms with Crippen molar-refractivity contribution in [2.75, 3.05) is 45.8 Å². The summed E-state index contributed by atoms with van der Waals surface area (Å²) in [7, 11) is 0. The van der Waals surface area contributed by atoms with Gasteiger partial charge in [0.1, 0.15) is 11.6 Å². The average molecular weight is 465 g/mol. The fourth-order valence-corrected chi connectivity index (χ4v) is 4.24. The van der Waals surface area contributed by atoms with Crippen molar-refractivity contribution in [1.29, 1.82) is 0 Å². The van der Waals surface area contributed by atoms with E-state index in [9.17, 15) is 27.6 Å². The van der Waals surface area contributed by atoms with Gasteiger partial charge in [-0.25, -0.2) is 4.79 Å². The Morgan fingerprint density at radius 2 is 1.53 bits per heavy atom. The number of ether oxygens (including phenoxy) is 1. The highest BCUT2D eigenvalue weighted by Crippen LogP contribution is 2.26. The predicted octanol–water partition coefficient (Wildman–Crippen LogP) is 2.33. The zero-order chi connectivity index (χ0) is 24.3. The second kappa shape index (κ2) is 10.3. The third-order valence-electron chi connectivity index (χ3n) is 5.91. The van der Waals surface area contributed by atoms with Gasteiger partial charge in [-0.3, -0.25) is 14.5 Å². The van der Waals surface area contributed by atoms with Crippen LogP contribution in [0, 0.1) is 0 Å². The van der Waals surface area contributed by atoms with Crippen molar-refractivity contribution < 1.29 is 32.3 Å². The molecule has 0 aromatic carbocycles. The molecule has 0 aromatic heterocycles. The number of piperazine rings is 1. The summed E-state index contributed by atoms with van der Waals surface area (Å²) in [5.74, 6) is -2.44. The van der Waals surface area contributed by atoms with Crippen LogP contribution in [0.1, 0.15) is 47.5 Å². The van der Waals surface area contributed by atoms with Crippen molar-refractivity contribution in [2.24, 2.45) is 0 Å². The highest BCUT2D eigenvalue weighted by atomic mass is 19.4. The first kappa shape index (κ1) is 26.2. The maximum Gasteiger partial charge on any atom is 0.471 e. The summed E-state index contributed by atoms with van der Waals surface area (Å²) in [4.78, 5) is 43.0. The summed E-state index contributed by atoms with van der Waals surface area (Å²) in [6, 6.07) is -1.16. The smallest absolute Gasteiger partial charge is 0.444 e. The molecule has 2 heterocycles. The van der Waals surface area contributed by atoms with Crippen LogP contribution < -0.4 is 0 Å². The summed E-state index contributed by atoms with van der Waals surface area (Å²) < 4.78 is 44.8. The molecule has 11 heteroatoms. The van der Waals surface area contributed by atoms with Crippen LogP contribution in [0.25, 0.3) is 0 Å². The summed E-state index contributed by atoms with van der Waals surface area (Å²) in [6.07, 6.45) is -4.16. The van der Waals surface area contributed by atoms with E-state index < -0.39 is 29.6 Å². The molecular formula is C21H35F3N4O4. The summed E-state index contributed by atoms with van der Waals surface area (Å²) in [5.41, 5.74) is -0.590. The summed E-state index contributed by atoms with van der Waals surface area (Å²) >= 11 is 0. The number of likely N-dealkylation sites (tertiary alicyclic amines) is 1. The van der Waals surface area contributed by atoms with Crippen LogP contribution >= 0.6 is 0 Å². The molecule has 2 fully saturated rings. The van der Waals surface area contributed by atoms with E-state index in [-0.39, 0.29) is 31.8 Å². The third-order valence-corrected chi connectivity index (χ3v) is 5.91. The van der Waals surface area contributed by atoms with E-state index in [2.05, 4.69) is 0 Å². The Labute approximate surface area is 187 Å². The molecule has 3 amide bonds. The first-order valence-electron chi connectivity index (χ1n) is 11.2. The van der Waals surface area contributed by atoms with Crippen LogP contribution in [0.4, 0.5) is 18.0 Å². The van der Waals surface area contributed by atoms with Gasteiger partial charge in [-0.2, -0.15) is 13.2 Å². The number of likely N-dealkylation sites (N-methyl/N-ethyl adjacent to an activating group) is 1. The molecule has 2 rings (SSSR count). The fraction of sp³-hybridized carbons (Fsp3) is 0.857. The van der Waals surface area contributed by atoms with Gasteiger partial charge in [-0.05, 0) is 47.5 Å². The highest BCUT2D eigenvalue weighted by Gasteiger charge is 2.49. The van der Waals surface area contributed by atoms with Crippen LogP contribution in [-0.2, 0) is 14.3 Å². The third kappa shape index (κ3) is 6.49. The van der Waals surface area contributed by atoms with Gasteiger partial charge in [-0.15, -0.1) is 0 Å². The summed E-state index contributed by atoms with van der Waals surface area (Å²) in [6.45, 7) is 10.7. The lowest BCUT2D eigenvalue weighted by atomic mass is 10.00. The Hall–Kier alpha value is -2.04. The first-order chi connectivity index (χ1) is 14.8. The van der Waals surface area contributed by atoms with E-state index in [4.69, 9.17) is 4.74 Å². The van der Waals surface area contributed by atoms with Gasteiger partial charge in [0.2, 0.25) is 5.91 Å².